The molecule has 0 bridgehead atoms. The molecule has 6 nitrogen and oxygen atoms in total. The lowest BCUT2D eigenvalue weighted by molar-refractivity contribution is 0.0695. The first kappa shape index (κ1) is 15.4. The van der Waals surface area contributed by atoms with Gasteiger partial charge in [-0.3, -0.25) is 4.79 Å². The van der Waals surface area contributed by atoms with Gasteiger partial charge in [0.05, 0.1) is 5.52 Å². The summed E-state index contributed by atoms with van der Waals surface area (Å²) in [7, 11) is 0. The van der Waals surface area contributed by atoms with Crippen molar-refractivity contribution in [2.75, 3.05) is 5.73 Å². The van der Waals surface area contributed by atoms with Crippen LogP contribution in [0.25, 0.3) is 22.0 Å². The number of hydrogen-bond donors (Lipinski definition) is 2. The van der Waals surface area contributed by atoms with Crippen LogP contribution in [0, 0.1) is 6.92 Å². The Morgan fingerprint density at radius 2 is 2.04 bits per heavy atom. The Kier molecular flexibility index (Phi) is 3.35. The molecule has 126 valence electrons. The maximum atomic E-state index is 12.6. The van der Waals surface area contributed by atoms with Crippen LogP contribution in [0.1, 0.15) is 34.8 Å². The van der Waals surface area contributed by atoms with E-state index in [1.807, 2.05) is 23.6 Å². The van der Waals surface area contributed by atoms with Gasteiger partial charge in [-0.05, 0) is 49.1 Å². The monoisotopic (exact) mass is 335 g/mol. The predicted octanol–water partition coefficient (Wildman–Crippen LogP) is 2.99. The number of pyridine rings is 2. The van der Waals surface area contributed by atoms with E-state index in [-0.39, 0.29) is 11.6 Å². The van der Waals surface area contributed by atoms with E-state index >= 15 is 0 Å². The molecule has 0 atom stereocenters. The highest BCUT2D eigenvalue weighted by atomic mass is 16.4. The van der Waals surface area contributed by atoms with Crippen LogP contribution in [0.15, 0.2) is 41.5 Å². The second-order valence-corrected chi connectivity index (χ2v) is 6.42. The number of carbonyl (C=O) groups is 1. The van der Waals surface area contributed by atoms with Crippen molar-refractivity contribution in [3.63, 3.8) is 0 Å². The molecule has 1 fully saturated rings. The number of nitrogens with zero attached hydrogens (tertiary/aromatic N) is 2. The average Bonchev–Trinajstić information content (AvgIpc) is 3.41. The van der Waals surface area contributed by atoms with E-state index in [0.717, 1.165) is 35.0 Å². The van der Waals surface area contributed by atoms with E-state index in [2.05, 4.69) is 4.98 Å². The molecule has 0 spiro atoms. The average molecular weight is 335 g/mol. The number of nitrogens with two attached hydrogens (primary N) is 1. The molecule has 1 aromatic carbocycles. The normalized spacial score (nSPS) is 14.0. The smallest absolute Gasteiger partial charge is 0.341 e. The summed E-state index contributed by atoms with van der Waals surface area (Å²) in [5.41, 5.74) is 8.63. The van der Waals surface area contributed by atoms with E-state index in [4.69, 9.17) is 5.73 Å². The number of anilines is 1. The summed E-state index contributed by atoms with van der Waals surface area (Å²) in [5.74, 6) is -0.742. The van der Waals surface area contributed by atoms with Gasteiger partial charge in [0.15, 0.2) is 0 Å². The van der Waals surface area contributed by atoms with Gasteiger partial charge in [0.2, 0.25) is 5.43 Å². The van der Waals surface area contributed by atoms with Gasteiger partial charge in [0.25, 0.3) is 0 Å². The summed E-state index contributed by atoms with van der Waals surface area (Å²) in [6, 6.07) is 7.43. The lowest BCUT2D eigenvalue weighted by atomic mass is 9.97. The number of carboxylic acid groups (broad SMARTS) is 1. The molecule has 0 saturated heterocycles. The highest BCUT2D eigenvalue weighted by Crippen LogP contribution is 2.39. The number of fused-ring (bicyclic) bond motifs is 1. The van der Waals surface area contributed by atoms with E-state index < -0.39 is 11.4 Å². The number of aromatic nitrogens is 2. The maximum absolute atomic E-state index is 12.6. The molecule has 3 aromatic rings. The molecule has 0 radical (unpaired) electrons. The number of carboxylic acids is 1. The molecule has 0 amide bonds. The van der Waals surface area contributed by atoms with Crippen molar-refractivity contribution < 1.29 is 9.90 Å². The predicted molar refractivity (Wildman–Crippen MR) is 95.8 cm³/mol. The van der Waals surface area contributed by atoms with Crippen molar-refractivity contribution in [3.8, 4) is 11.1 Å². The van der Waals surface area contributed by atoms with Crippen molar-refractivity contribution in [2.45, 2.75) is 25.8 Å². The summed E-state index contributed by atoms with van der Waals surface area (Å²) in [5, 5.41) is 9.79. The SMILES string of the molecule is Cc1c(-c2ccc(N)nc2)ccc2c(=O)c(C(=O)O)cn(C3CC3)c12. The summed E-state index contributed by atoms with van der Waals surface area (Å²) in [4.78, 5) is 28.2. The Labute approximate surface area is 143 Å². The minimum atomic E-state index is -1.19. The number of aromatic carboxylic acids is 1. The first-order valence-corrected chi connectivity index (χ1v) is 8.11. The van der Waals surface area contributed by atoms with Crippen molar-refractivity contribution in [3.05, 3.63) is 58.0 Å². The van der Waals surface area contributed by atoms with E-state index in [0.29, 0.717) is 11.2 Å². The lowest BCUT2D eigenvalue weighted by Crippen LogP contribution is -2.19. The van der Waals surface area contributed by atoms with Crippen LogP contribution in [0.2, 0.25) is 0 Å². The van der Waals surface area contributed by atoms with Crippen LogP contribution >= 0.6 is 0 Å². The molecule has 6 heteroatoms. The van der Waals surface area contributed by atoms with Crippen molar-refractivity contribution in [1.29, 1.82) is 0 Å². The van der Waals surface area contributed by atoms with E-state index in [9.17, 15) is 14.7 Å². The summed E-state index contributed by atoms with van der Waals surface area (Å²) in [6.07, 6.45) is 5.17. The second-order valence-electron chi connectivity index (χ2n) is 6.42. The number of nitrogen functional groups attached to an aromatic ring is 1. The third-order valence-electron chi connectivity index (χ3n) is 4.71. The zero-order chi connectivity index (χ0) is 17.7. The van der Waals surface area contributed by atoms with Gasteiger partial charge in [0.1, 0.15) is 11.4 Å². The second kappa shape index (κ2) is 5.44. The molecule has 1 aliphatic rings. The first-order chi connectivity index (χ1) is 12.0. The lowest BCUT2D eigenvalue weighted by Gasteiger charge is -2.16. The molecule has 25 heavy (non-hydrogen) atoms. The minimum absolute atomic E-state index is 0.180. The number of aryl methyl sites for hydroxylation is 1. The van der Waals surface area contributed by atoms with Crippen molar-refractivity contribution in [2.24, 2.45) is 0 Å². The molecular weight excluding hydrogens is 318 g/mol. The molecule has 2 aromatic heterocycles. The van der Waals surface area contributed by atoms with Crippen LogP contribution in [0.4, 0.5) is 5.82 Å². The molecule has 2 heterocycles. The molecule has 0 aliphatic heterocycles. The van der Waals surface area contributed by atoms with Crippen molar-refractivity contribution >= 4 is 22.7 Å². The summed E-state index contributed by atoms with van der Waals surface area (Å²) < 4.78 is 1.95. The fourth-order valence-electron chi connectivity index (χ4n) is 3.29. The fraction of sp³-hybridized carbons (Fsp3) is 0.211. The van der Waals surface area contributed by atoms with Gasteiger partial charge in [-0.15, -0.1) is 0 Å². The summed E-state index contributed by atoms with van der Waals surface area (Å²) >= 11 is 0. The number of hydrogen-bond acceptors (Lipinski definition) is 4. The van der Waals surface area contributed by atoms with Gasteiger partial charge < -0.3 is 15.4 Å². The van der Waals surface area contributed by atoms with Crippen LogP contribution < -0.4 is 11.2 Å². The Bertz CT molecular complexity index is 1060. The third-order valence-corrected chi connectivity index (χ3v) is 4.71. The maximum Gasteiger partial charge on any atom is 0.341 e. The Morgan fingerprint density at radius 1 is 1.28 bits per heavy atom. The quantitative estimate of drug-likeness (QED) is 0.767. The topological polar surface area (TPSA) is 98.2 Å². The number of rotatable bonds is 3. The Hall–Kier alpha value is -3.15. The highest BCUT2D eigenvalue weighted by Gasteiger charge is 2.27. The largest absolute Gasteiger partial charge is 0.477 e. The van der Waals surface area contributed by atoms with Crippen LogP contribution in [0.5, 0.6) is 0 Å². The third kappa shape index (κ3) is 2.46. The van der Waals surface area contributed by atoms with E-state index in [1.165, 1.54) is 6.20 Å². The summed E-state index contributed by atoms with van der Waals surface area (Å²) in [6.45, 7) is 1.95. The fourth-order valence-corrected chi connectivity index (χ4v) is 3.29. The zero-order valence-corrected chi connectivity index (χ0v) is 13.7. The molecule has 0 unspecified atom stereocenters. The highest BCUT2D eigenvalue weighted by molar-refractivity contribution is 5.95. The van der Waals surface area contributed by atoms with Gasteiger partial charge in [0, 0.05) is 29.4 Å². The molecule has 1 aliphatic carbocycles. The molecule has 4 rings (SSSR count). The van der Waals surface area contributed by atoms with Crippen LogP contribution in [0.3, 0.4) is 0 Å². The molecular formula is C19H17N3O3. The van der Waals surface area contributed by atoms with Crippen LogP contribution in [-0.2, 0) is 0 Å². The zero-order valence-electron chi connectivity index (χ0n) is 13.7. The minimum Gasteiger partial charge on any atom is -0.477 e. The molecule has 3 N–H and O–H groups in total. The number of benzene rings is 1. The van der Waals surface area contributed by atoms with Gasteiger partial charge >= 0.3 is 5.97 Å². The first-order valence-electron chi connectivity index (χ1n) is 8.11. The van der Waals surface area contributed by atoms with Crippen molar-refractivity contribution in [1.82, 2.24) is 9.55 Å². The standard InChI is InChI=1S/C19H17N3O3/c1-10-13(11-2-7-16(20)21-8-11)5-6-14-17(10)22(12-3-4-12)9-15(18(14)23)19(24)25/h2,5-9,12H,3-4H2,1H3,(H2,20,21)(H,24,25). The Morgan fingerprint density at radius 3 is 2.64 bits per heavy atom. The van der Waals surface area contributed by atoms with Gasteiger partial charge in [-0.2, -0.15) is 0 Å². The van der Waals surface area contributed by atoms with E-state index in [1.54, 1.807) is 18.3 Å². The molecule has 1 saturated carbocycles. The van der Waals surface area contributed by atoms with Gasteiger partial charge in [-0.25, -0.2) is 9.78 Å². The van der Waals surface area contributed by atoms with Crippen LogP contribution in [-0.4, -0.2) is 20.6 Å². The Balaban J connectivity index is 2.05. The van der Waals surface area contributed by atoms with Gasteiger partial charge in [-0.1, -0.05) is 6.07 Å².